The Kier molecular flexibility index (Phi) is 4.37. The lowest BCUT2D eigenvalue weighted by Gasteiger charge is -2.36. The van der Waals surface area contributed by atoms with Crippen LogP contribution in [0.15, 0.2) is 36.4 Å². The van der Waals surface area contributed by atoms with Crippen LogP contribution in [-0.4, -0.2) is 35.6 Å². The molecule has 4 amide bonds. The average molecular weight is 456 g/mol. The molecule has 4 unspecified atom stereocenters. The summed E-state index contributed by atoms with van der Waals surface area (Å²) in [6, 6.07) is 8.44. The highest BCUT2D eigenvalue weighted by atomic mass is 19.4. The zero-order chi connectivity index (χ0) is 24.0. The summed E-state index contributed by atoms with van der Waals surface area (Å²) in [4.78, 5) is 52.7. The van der Waals surface area contributed by atoms with Crippen LogP contribution in [-0.2, 0) is 25.4 Å². The molecule has 2 heterocycles. The molecule has 9 heteroatoms. The topological polar surface area (TPSA) is 74.8 Å². The van der Waals surface area contributed by atoms with Gasteiger partial charge in [0.15, 0.2) is 0 Å². The molecular weight excluding hydrogens is 437 g/mol. The summed E-state index contributed by atoms with van der Waals surface area (Å²) in [6.45, 7) is 3.19. The van der Waals surface area contributed by atoms with E-state index < -0.39 is 59.0 Å². The molecule has 33 heavy (non-hydrogen) atoms. The first-order chi connectivity index (χ1) is 15.4. The van der Waals surface area contributed by atoms with E-state index in [4.69, 9.17) is 0 Å². The first kappa shape index (κ1) is 21.4. The molecule has 0 spiro atoms. The minimum atomic E-state index is -4.55. The number of carbonyl (C=O) groups excluding carboxylic acids is 4. The number of halogens is 3. The van der Waals surface area contributed by atoms with Crippen LogP contribution in [0.3, 0.4) is 0 Å². The van der Waals surface area contributed by atoms with Crippen molar-refractivity contribution in [3.05, 3.63) is 53.1 Å². The van der Waals surface area contributed by atoms with Crippen LogP contribution in [0.1, 0.15) is 16.7 Å². The number of amides is 4. The molecule has 2 aromatic carbocycles. The Balaban J connectivity index is 1.51. The summed E-state index contributed by atoms with van der Waals surface area (Å²) < 4.78 is 40.8. The molecule has 2 aromatic rings. The summed E-state index contributed by atoms with van der Waals surface area (Å²) in [7, 11) is 1.34. The number of nitrogens with zero attached hydrogens (tertiary/aromatic N) is 2. The molecule has 1 saturated carbocycles. The Morgan fingerprint density at radius 3 is 1.76 bits per heavy atom. The summed E-state index contributed by atoms with van der Waals surface area (Å²) >= 11 is 0. The van der Waals surface area contributed by atoms with E-state index in [0.29, 0.717) is 16.7 Å². The lowest BCUT2D eigenvalue weighted by Crippen LogP contribution is -2.50. The fourth-order valence-electron chi connectivity index (χ4n) is 5.41. The number of fused-ring (bicyclic) bond motifs is 4. The minimum absolute atomic E-state index is 0.00468. The van der Waals surface area contributed by atoms with E-state index in [9.17, 15) is 32.3 Å². The van der Waals surface area contributed by atoms with Crippen LogP contribution < -0.4 is 4.90 Å². The predicted molar refractivity (Wildman–Crippen MR) is 111 cm³/mol. The minimum Gasteiger partial charge on any atom is -0.285 e. The molecule has 4 atom stereocenters. The molecule has 3 fully saturated rings. The van der Waals surface area contributed by atoms with E-state index in [-0.39, 0.29) is 11.3 Å². The molecule has 2 saturated heterocycles. The Hall–Kier alpha value is -3.49. The van der Waals surface area contributed by atoms with Crippen molar-refractivity contribution in [3.8, 4) is 11.1 Å². The van der Waals surface area contributed by atoms with Gasteiger partial charge in [0.1, 0.15) is 0 Å². The van der Waals surface area contributed by atoms with Gasteiger partial charge in [0.2, 0.25) is 23.6 Å². The maximum atomic E-state index is 13.6. The third-order valence-corrected chi connectivity index (χ3v) is 7.03. The number of likely N-dealkylation sites (tertiary alicyclic amines) is 1. The maximum Gasteiger partial charge on any atom is 0.417 e. The van der Waals surface area contributed by atoms with Gasteiger partial charge >= 0.3 is 6.18 Å². The highest BCUT2D eigenvalue weighted by molar-refractivity contribution is 6.27. The molecule has 5 rings (SSSR count). The normalized spacial score (nSPS) is 26.6. The molecule has 1 aliphatic carbocycles. The van der Waals surface area contributed by atoms with Crippen LogP contribution in [0.2, 0.25) is 0 Å². The van der Waals surface area contributed by atoms with Gasteiger partial charge in [-0.1, -0.05) is 23.8 Å². The van der Waals surface area contributed by atoms with Crippen molar-refractivity contribution in [3.63, 3.8) is 0 Å². The third-order valence-electron chi connectivity index (χ3n) is 7.03. The summed E-state index contributed by atoms with van der Waals surface area (Å²) in [5.41, 5.74) is 0.714. The molecular formula is C24H19F3N2O4. The van der Waals surface area contributed by atoms with E-state index in [1.54, 1.807) is 19.9 Å². The van der Waals surface area contributed by atoms with E-state index >= 15 is 0 Å². The summed E-state index contributed by atoms with van der Waals surface area (Å²) in [5.74, 6) is -5.43. The lowest BCUT2D eigenvalue weighted by atomic mass is 9.59. The van der Waals surface area contributed by atoms with Gasteiger partial charge in [-0.3, -0.25) is 29.0 Å². The number of carbonyl (C=O) groups is 4. The number of hydrogen-bond donors (Lipinski definition) is 0. The van der Waals surface area contributed by atoms with Crippen molar-refractivity contribution < 1.29 is 32.3 Å². The van der Waals surface area contributed by atoms with Crippen molar-refractivity contribution in [2.75, 3.05) is 11.9 Å². The Labute approximate surface area is 187 Å². The molecule has 0 N–H and O–H groups in total. The highest BCUT2D eigenvalue weighted by Gasteiger charge is 2.73. The van der Waals surface area contributed by atoms with Gasteiger partial charge in [0, 0.05) is 7.05 Å². The molecule has 3 aliphatic rings. The van der Waals surface area contributed by atoms with Gasteiger partial charge in [-0.15, -0.1) is 0 Å². The largest absolute Gasteiger partial charge is 0.417 e. The second kappa shape index (κ2) is 6.76. The van der Waals surface area contributed by atoms with E-state index in [1.807, 2.05) is 0 Å². The number of imide groups is 2. The van der Waals surface area contributed by atoms with Crippen LogP contribution in [0, 0.1) is 37.5 Å². The SMILES string of the molecule is Cc1ccc(-c2ccc(N3C(=O)C4C5C(=O)N(C)C(=O)C5C4C3=O)cc2C)c(C(F)(F)F)c1. The highest BCUT2D eigenvalue weighted by Crippen LogP contribution is 2.56. The van der Waals surface area contributed by atoms with Gasteiger partial charge < -0.3 is 0 Å². The first-order valence-corrected chi connectivity index (χ1v) is 10.4. The van der Waals surface area contributed by atoms with E-state index in [1.165, 1.54) is 31.3 Å². The molecule has 2 aliphatic heterocycles. The van der Waals surface area contributed by atoms with Crippen molar-refractivity contribution in [2.45, 2.75) is 20.0 Å². The number of rotatable bonds is 2. The fourth-order valence-corrected chi connectivity index (χ4v) is 5.41. The maximum absolute atomic E-state index is 13.6. The van der Waals surface area contributed by atoms with Gasteiger partial charge in [-0.05, 0) is 48.7 Å². The van der Waals surface area contributed by atoms with Gasteiger partial charge in [-0.2, -0.15) is 13.2 Å². The van der Waals surface area contributed by atoms with E-state index in [0.717, 1.165) is 15.9 Å². The number of anilines is 1. The van der Waals surface area contributed by atoms with Crippen molar-refractivity contribution >= 4 is 29.3 Å². The Bertz CT molecular complexity index is 1230. The average Bonchev–Trinajstić information content (AvgIpc) is 3.02. The molecule has 6 nitrogen and oxygen atoms in total. The molecule has 0 bridgehead atoms. The lowest BCUT2D eigenvalue weighted by molar-refractivity contribution is -0.146. The van der Waals surface area contributed by atoms with Gasteiger partial charge in [0.25, 0.3) is 0 Å². The van der Waals surface area contributed by atoms with E-state index in [2.05, 4.69) is 0 Å². The molecule has 170 valence electrons. The monoisotopic (exact) mass is 456 g/mol. The van der Waals surface area contributed by atoms with Crippen molar-refractivity contribution in [1.29, 1.82) is 0 Å². The predicted octanol–water partition coefficient (Wildman–Crippen LogP) is 3.34. The Morgan fingerprint density at radius 1 is 0.727 bits per heavy atom. The first-order valence-electron chi connectivity index (χ1n) is 10.4. The Morgan fingerprint density at radius 2 is 1.24 bits per heavy atom. The zero-order valence-electron chi connectivity index (χ0n) is 17.9. The van der Waals surface area contributed by atoms with Crippen molar-refractivity contribution in [2.24, 2.45) is 23.7 Å². The quantitative estimate of drug-likeness (QED) is 0.650. The van der Waals surface area contributed by atoms with Crippen LogP contribution in [0.5, 0.6) is 0 Å². The smallest absolute Gasteiger partial charge is 0.285 e. The fraction of sp³-hybridized carbons (Fsp3) is 0.333. The standard InChI is InChI=1S/C24H19F3N2O4/c1-10-4-6-14(15(8-10)24(25,26)27)13-7-5-12(9-11(13)2)29-22(32)18-16-17(19(18)23(29)33)21(31)28(3)20(16)30/h4-9,16-19H,1-3H3. The summed E-state index contributed by atoms with van der Waals surface area (Å²) in [5, 5.41) is 0. The summed E-state index contributed by atoms with van der Waals surface area (Å²) in [6.07, 6.45) is -4.55. The van der Waals surface area contributed by atoms with Gasteiger partial charge in [-0.25, -0.2) is 0 Å². The van der Waals surface area contributed by atoms with Gasteiger partial charge in [0.05, 0.1) is 34.9 Å². The number of hydrogen-bond acceptors (Lipinski definition) is 4. The molecule has 0 radical (unpaired) electrons. The zero-order valence-corrected chi connectivity index (χ0v) is 17.9. The number of aryl methyl sites for hydroxylation is 2. The molecule has 0 aromatic heterocycles. The van der Waals surface area contributed by atoms with Crippen LogP contribution in [0.25, 0.3) is 11.1 Å². The third kappa shape index (κ3) is 2.81. The number of benzene rings is 2. The van der Waals surface area contributed by atoms with Crippen LogP contribution in [0.4, 0.5) is 18.9 Å². The van der Waals surface area contributed by atoms with Crippen molar-refractivity contribution in [1.82, 2.24) is 4.90 Å². The van der Waals surface area contributed by atoms with Crippen LogP contribution >= 0.6 is 0 Å². The second-order valence-electron chi connectivity index (χ2n) is 8.90. The number of alkyl halides is 3. The second-order valence-corrected chi connectivity index (χ2v) is 8.90.